The number of likely N-dealkylation sites (tertiary alicyclic amines) is 1. The molecule has 0 bridgehead atoms. The Bertz CT molecular complexity index is 493. The van der Waals surface area contributed by atoms with Crippen LogP contribution in [0.4, 0.5) is 13.2 Å². The predicted molar refractivity (Wildman–Crippen MR) is 75.3 cm³/mol. The first-order valence-electron chi connectivity index (χ1n) is 7.41. The second-order valence-corrected chi connectivity index (χ2v) is 5.53. The molecule has 1 amide bonds. The summed E-state index contributed by atoms with van der Waals surface area (Å²) < 4.78 is 38.3. The molecule has 124 valence electrons. The highest BCUT2D eigenvalue weighted by molar-refractivity contribution is 5.76. The van der Waals surface area contributed by atoms with Gasteiger partial charge in [0.15, 0.2) is 0 Å². The van der Waals surface area contributed by atoms with Gasteiger partial charge in [0, 0.05) is 44.4 Å². The molecule has 0 saturated carbocycles. The van der Waals surface area contributed by atoms with E-state index in [9.17, 15) is 18.0 Å². The van der Waals surface area contributed by atoms with Gasteiger partial charge < -0.3 is 14.8 Å². The predicted octanol–water partition coefficient (Wildman–Crippen LogP) is 1.59. The summed E-state index contributed by atoms with van der Waals surface area (Å²) >= 11 is 0. The molecule has 2 heterocycles. The molecule has 1 fully saturated rings. The molecule has 22 heavy (non-hydrogen) atoms. The molecule has 1 aliphatic heterocycles. The Labute approximate surface area is 127 Å². The summed E-state index contributed by atoms with van der Waals surface area (Å²) in [6, 6.07) is 0.440. The van der Waals surface area contributed by atoms with Gasteiger partial charge in [-0.1, -0.05) is 0 Å². The largest absolute Gasteiger partial charge is 0.406 e. The summed E-state index contributed by atoms with van der Waals surface area (Å²) in [5.74, 6) is 0.284. The molecule has 0 unspecified atom stereocenters. The highest BCUT2D eigenvalue weighted by atomic mass is 19.4. The van der Waals surface area contributed by atoms with Gasteiger partial charge in [-0.05, 0) is 19.9 Å². The molecule has 1 aromatic heterocycles. The lowest BCUT2D eigenvalue weighted by atomic mass is 10.0. The summed E-state index contributed by atoms with van der Waals surface area (Å²) in [6.45, 7) is 0.326. The molecule has 0 radical (unpaired) electrons. The molecule has 1 N–H and O–H groups in total. The molecule has 0 spiro atoms. The zero-order valence-electron chi connectivity index (χ0n) is 12.6. The summed E-state index contributed by atoms with van der Waals surface area (Å²) in [7, 11) is 1.91. The highest BCUT2D eigenvalue weighted by Crippen LogP contribution is 2.19. The zero-order valence-corrected chi connectivity index (χ0v) is 12.6. The van der Waals surface area contributed by atoms with Crippen LogP contribution < -0.4 is 5.32 Å². The maximum atomic E-state index is 12.4. The van der Waals surface area contributed by atoms with E-state index in [1.807, 2.05) is 7.05 Å². The molecule has 2 rings (SSSR count). The molecular formula is C14H21F3N4O. The van der Waals surface area contributed by atoms with Gasteiger partial charge in [-0.15, -0.1) is 0 Å². The van der Waals surface area contributed by atoms with Crippen molar-refractivity contribution in [1.29, 1.82) is 0 Å². The number of hydrogen-bond donors (Lipinski definition) is 1. The highest BCUT2D eigenvalue weighted by Gasteiger charge is 2.29. The molecule has 0 aromatic carbocycles. The minimum absolute atomic E-state index is 0.0175. The van der Waals surface area contributed by atoms with Crippen molar-refractivity contribution in [3.63, 3.8) is 0 Å². The summed E-state index contributed by atoms with van der Waals surface area (Å²) in [4.78, 5) is 17.8. The topological polar surface area (TPSA) is 50.2 Å². The molecule has 1 saturated heterocycles. The Hall–Kier alpha value is -1.57. The maximum absolute atomic E-state index is 12.4. The lowest BCUT2D eigenvalue weighted by molar-refractivity contribution is -0.141. The van der Waals surface area contributed by atoms with Crippen molar-refractivity contribution < 1.29 is 18.0 Å². The first kappa shape index (κ1) is 16.8. The second kappa shape index (κ2) is 7.13. The number of amides is 1. The van der Waals surface area contributed by atoms with Crippen LogP contribution in [0.15, 0.2) is 12.4 Å². The van der Waals surface area contributed by atoms with Gasteiger partial charge >= 0.3 is 6.18 Å². The third kappa shape index (κ3) is 4.72. The number of nitrogens with one attached hydrogen (secondary N) is 1. The Morgan fingerprint density at radius 2 is 2.09 bits per heavy atom. The van der Waals surface area contributed by atoms with Crippen LogP contribution in [0.1, 0.15) is 25.1 Å². The number of aromatic nitrogens is 2. The first-order chi connectivity index (χ1) is 10.4. The average Bonchev–Trinajstić information content (AvgIpc) is 2.90. The van der Waals surface area contributed by atoms with Crippen molar-refractivity contribution in [3.05, 3.63) is 18.2 Å². The van der Waals surface area contributed by atoms with Crippen LogP contribution in [-0.2, 0) is 17.8 Å². The molecule has 1 aromatic rings. The Balaban J connectivity index is 1.83. The minimum atomic E-state index is -4.28. The van der Waals surface area contributed by atoms with E-state index in [1.54, 1.807) is 4.90 Å². The number of nitrogens with zero attached hydrogens (tertiary/aromatic N) is 3. The SMILES string of the molecule is CNC1CCN(C(=O)CCc2nccn2CC(F)(F)F)CC1. The Kier molecular flexibility index (Phi) is 5.44. The van der Waals surface area contributed by atoms with Crippen LogP contribution in [0.5, 0.6) is 0 Å². The minimum Gasteiger partial charge on any atom is -0.343 e. The third-order valence-electron chi connectivity index (χ3n) is 3.97. The molecule has 8 heteroatoms. The van der Waals surface area contributed by atoms with Crippen molar-refractivity contribution in [2.24, 2.45) is 0 Å². The van der Waals surface area contributed by atoms with Crippen molar-refractivity contribution in [2.45, 2.75) is 44.4 Å². The van der Waals surface area contributed by atoms with E-state index in [-0.39, 0.29) is 18.7 Å². The Morgan fingerprint density at radius 3 is 2.68 bits per heavy atom. The van der Waals surface area contributed by atoms with E-state index in [0.29, 0.717) is 25.0 Å². The molecule has 0 atom stereocenters. The standard InChI is InChI=1S/C14H21F3N4O/c1-18-11-4-7-20(8-5-11)13(22)3-2-12-19-6-9-21(12)10-14(15,16)17/h6,9,11,18H,2-5,7-8,10H2,1H3. The van der Waals surface area contributed by atoms with Gasteiger partial charge in [0.1, 0.15) is 12.4 Å². The zero-order chi connectivity index (χ0) is 16.2. The number of piperidine rings is 1. The van der Waals surface area contributed by atoms with E-state index in [4.69, 9.17) is 0 Å². The lowest BCUT2D eigenvalue weighted by Gasteiger charge is -2.31. The molecule has 1 aliphatic rings. The van der Waals surface area contributed by atoms with E-state index in [0.717, 1.165) is 17.4 Å². The molecular weight excluding hydrogens is 297 g/mol. The lowest BCUT2D eigenvalue weighted by Crippen LogP contribution is -2.44. The van der Waals surface area contributed by atoms with E-state index >= 15 is 0 Å². The van der Waals surface area contributed by atoms with E-state index < -0.39 is 12.7 Å². The fourth-order valence-electron chi connectivity index (χ4n) is 2.70. The monoisotopic (exact) mass is 318 g/mol. The van der Waals surface area contributed by atoms with Gasteiger partial charge in [-0.3, -0.25) is 4.79 Å². The first-order valence-corrected chi connectivity index (χ1v) is 7.41. The number of carbonyl (C=O) groups excluding carboxylic acids is 1. The van der Waals surface area contributed by atoms with E-state index in [1.165, 1.54) is 12.4 Å². The average molecular weight is 318 g/mol. The summed E-state index contributed by atoms with van der Waals surface area (Å²) in [5, 5.41) is 3.19. The number of aryl methyl sites for hydroxylation is 1. The van der Waals surface area contributed by atoms with Crippen LogP contribution in [0.25, 0.3) is 0 Å². The van der Waals surface area contributed by atoms with Crippen molar-refractivity contribution in [1.82, 2.24) is 19.8 Å². The maximum Gasteiger partial charge on any atom is 0.406 e. The van der Waals surface area contributed by atoms with Crippen LogP contribution in [-0.4, -0.2) is 52.7 Å². The van der Waals surface area contributed by atoms with Crippen LogP contribution in [0.2, 0.25) is 0 Å². The van der Waals surface area contributed by atoms with E-state index in [2.05, 4.69) is 10.3 Å². The number of carbonyl (C=O) groups is 1. The fourth-order valence-corrected chi connectivity index (χ4v) is 2.70. The second-order valence-electron chi connectivity index (χ2n) is 5.53. The van der Waals surface area contributed by atoms with Crippen LogP contribution in [0, 0.1) is 0 Å². The van der Waals surface area contributed by atoms with Crippen LogP contribution in [0.3, 0.4) is 0 Å². The Morgan fingerprint density at radius 1 is 1.41 bits per heavy atom. The number of hydrogen-bond acceptors (Lipinski definition) is 3. The van der Waals surface area contributed by atoms with Gasteiger partial charge in [0.25, 0.3) is 0 Å². The molecule has 5 nitrogen and oxygen atoms in total. The van der Waals surface area contributed by atoms with Gasteiger partial charge in [0.05, 0.1) is 0 Å². The summed E-state index contributed by atoms with van der Waals surface area (Å²) in [6.07, 6.45) is 0.590. The van der Waals surface area contributed by atoms with Crippen LogP contribution >= 0.6 is 0 Å². The van der Waals surface area contributed by atoms with Gasteiger partial charge in [-0.2, -0.15) is 13.2 Å². The van der Waals surface area contributed by atoms with Crippen molar-refractivity contribution in [2.75, 3.05) is 20.1 Å². The number of rotatable bonds is 5. The number of alkyl halides is 3. The summed E-state index contributed by atoms with van der Waals surface area (Å²) in [5.41, 5.74) is 0. The fraction of sp³-hybridized carbons (Fsp3) is 0.714. The number of halogens is 3. The molecule has 0 aliphatic carbocycles. The van der Waals surface area contributed by atoms with Gasteiger partial charge in [-0.25, -0.2) is 4.98 Å². The van der Waals surface area contributed by atoms with Gasteiger partial charge in [0.2, 0.25) is 5.91 Å². The normalized spacial score (nSPS) is 17.0. The van der Waals surface area contributed by atoms with Crippen molar-refractivity contribution in [3.8, 4) is 0 Å². The number of imidazole rings is 1. The third-order valence-corrected chi connectivity index (χ3v) is 3.97. The quantitative estimate of drug-likeness (QED) is 0.897. The smallest absolute Gasteiger partial charge is 0.343 e. The van der Waals surface area contributed by atoms with Crippen molar-refractivity contribution >= 4 is 5.91 Å².